The van der Waals surface area contributed by atoms with Crippen LogP contribution < -0.4 is 0 Å². The molecular weight excluding hydrogens is 446 g/mol. The largest absolute Gasteiger partial charge is 0.309 e. The summed E-state index contributed by atoms with van der Waals surface area (Å²) in [7, 11) is 0. The molecule has 0 N–H and O–H groups in total. The summed E-state index contributed by atoms with van der Waals surface area (Å²) in [6, 6.07) is 50.8. The van der Waals surface area contributed by atoms with Gasteiger partial charge < -0.3 is 4.57 Å². The number of aromatic nitrogens is 1. The summed E-state index contributed by atoms with van der Waals surface area (Å²) >= 11 is 0. The molecule has 0 bridgehead atoms. The molecule has 0 amide bonds. The quantitative estimate of drug-likeness (QED) is 0.227. The molecule has 0 aliphatic rings. The van der Waals surface area contributed by atoms with Crippen LogP contribution in [0.25, 0.3) is 71.3 Å². The van der Waals surface area contributed by atoms with Crippen molar-refractivity contribution in [3.8, 4) is 27.9 Å². The lowest BCUT2D eigenvalue weighted by Gasteiger charge is -2.11. The number of hydrogen-bond acceptors (Lipinski definition) is 0. The predicted molar refractivity (Wildman–Crippen MR) is 158 cm³/mol. The maximum Gasteiger partial charge on any atom is 0.0553 e. The molecule has 0 radical (unpaired) electrons. The number of benzene rings is 7. The van der Waals surface area contributed by atoms with Crippen molar-refractivity contribution in [3.05, 3.63) is 140 Å². The zero-order valence-electron chi connectivity index (χ0n) is 20.2. The molecule has 0 spiro atoms. The zero-order chi connectivity index (χ0) is 24.3. The first kappa shape index (κ1) is 20.3. The van der Waals surface area contributed by atoms with E-state index in [-0.39, 0.29) is 0 Å². The van der Waals surface area contributed by atoms with E-state index in [0.717, 1.165) is 0 Å². The highest BCUT2D eigenvalue weighted by Gasteiger charge is 2.19. The van der Waals surface area contributed by atoms with Gasteiger partial charge in [0.15, 0.2) is 0 Å². The van der Waals surface area contributed by atoms with Crippen LogP contribution in [0.15, 0.2) is 140 Å². The zero-order valence-corrected chi connectivity index (χ0v) is 20.2. The van der Waals surface area contributed by atoms with E-state index in [1.165, 1.54) is 71.3 Å². The van der Waals surface area contributed by atoms with Gasteiger partial charge in [-0.1, -0.05) is 103 Å². The van der Waals surface area contributed by atoms with Crippen LogP contribution in [-0.2, 0) is 0 Å². The number of hydrogen-bond donors (Lipinski definition) is 0. The van der Waals surface area contributed by atoms with Crippen molar-refractivity contribution in [2.24, 2.45) is 0 Å². The Balaban J connectivity index is 1.53. The third-order valence-corrected chi connectivity index (χ3v) is 7.68. The average molecular weight is 470 g/mol. The highest BCUT2D eigenvalue weighted by Crippen LogP contribution is 2.43. The fourth-order valence-electron chi connectivity index (χ4n) is 5.96. The van der Waals surface area contributed by atoms with E-state index in [0.29, 0.717) is 0 Å². The van der Waals surface area contributed by atoms with E-state index >= 15 is 0 Å². The van der Waals surface area contributed by atoms with Crippen molar-refractivity contribution < 1.29 is 0 Å². The highest BCUT2D eigenvalue weighted by atomic mass is 15.0. The van der Waals surface area contributed by atoms with E-state index in [1.54, 1.807) is 0 Å². The van der Waals surface area contributed by atoms with Crippen LogP contribution in [0.5, 0.6) is 0 Å². The van der Waals surface area contributed by atoms with Gasteiger partial charge in [0.25, 0.3) is 0 Å². The van der Waals surface area contributed by atoms with Gasteiger partial charge in [-0.05, 0) is 80.2 Å². The van der Waals surface area contributed by atoms with Gasteiger partial charge in [-0.2, -0.15) is 0 Å². The Labute approximate surface area is 215 Å². The van der Waals surface area contributed by atoms with Crippen LogP contribution in [0.2, 0.25) is 0 Å². The van der Waals surface area contributed by atoms with Gasteiger partial charge in [-0.3, -0.25) is 0 Å². The first-order valence-electron chi connectivity index (χ1n) is 12.8. The van der Waals surface area contributed by atoms with Crippen molar-refractivity contribution in [2.75, 3.05) is 0 Å². The summed E-state index contributed by atoms with van der Waals surface area (Å²) in [6.45, 7) is 0. The molecular formula is C36H23N. The molecule has 1 nitrogen and oxygen atoms in total. The summed E-state index contributed by atoms with van der Waals surface area (Å²) in [5.41, 5.74) is 8.64. The standard InChI is InChI=1S/C36H23N/c1-3-9-24(10-4-1)30-19-28-15-16-29-20-31(25-11-5-2-6-12-25)23-34-36(29)35(28)33(22-30)37(34)32-18-17-26-13-7-8-14-27(26)21-32/h1-23H. The Morgan fingerprint density at radius 2 is 0.811 bits per heavy atom. The molecule has 1 aromatic heterocycles. The monoisotopic (exact) mass is 469 g/mol. The van der Waals surface area contributed by atoms with Gasteiger partial charge in [0.2, 0.25) is 0 Å². The van der Waals surface area contributed by atoms with Gasteiger partial charge >= 0.3 is 0 Å². The summed E-state index contributed by atoms with van der Waals surface area (Å²) in [6.07, 6.45) is 0. The topological polar surface area (TPSA) is 4.93 Å². The maximum absolute atomic E-state index is 2.47. The van der Waals surface area contributed by atoms with Crippen LogP contribution in [0.3, 0.4) is 0 Å². The van der Waals surface area contributed by atoms with E-state index in [2.05, 4.69) is 144 Å². The average Bonchev–Trinajstić information content (AvgIpc) is 3.31. The second kappa shape index (κ2) is 7.81. The van der Waals surface area contributed by atoms with E-state index in [1.807, 2.05) is 0 Å². The van der Waals surface area contributed by atoms with Crippen LogP contribution in [-0.4, -0.2) is 4.57 Å². The third kappa shape index (κ3) is 3.11. The molecule has 172 valence electrons. The lowest BCUT2D eigenvalue weighted by atomic mass is 9.95. The maximum atomic E-state index is 2.47. The molecule has 0 saturated heterocycles. The van der Waals surface area contributed by atoms with Crippen molar-refractivity contribution >= 4 is 43.4 Å². The Morgan fingerprint density at radius 3 is 1.38 bits per heavy atom. The number of nitrogens with zero attached hydrogens (tertiary/aromatic N) is 1. The van der Waals surface area contributed by atoms with E-state index < -0.39 is 0 Å². The molecule has 8 aromatic rings. The Hall–Kier alpha value is -4.88. The van der Waals surface area contributed by atoms with Gasteiger partial charge in [-0.25, -0.2) is 0 Å². The second-order valence-corrected chi connectivity index (χ2v) is 9.85. The van der Waals surface area contributed by atoms with Crippen LogP contribution in [0.1, 0.15) is 0 Å². The number of rotatable bonds is 3. The molecule has 1 heteroatoms. The minimum absolute atomic E-state index is 1.19. The Bertz CT molecular complexity index is 1950. The predicted octanol–water partition coefficient (Wildman–Crippen LogP) is 9.86. The first-order chi connectivity index (χ1) is 18.3. The minimum Gasteiger partial charge on any atom is -0.309 e. The molecule has 0 fully saturated rings. The Morgan fingerprint density at radius 1 is 0.324 bits per heavy atom. The third-order valence-electron chi connectivity index (χ3n) is 7.68. The fourth-order valence-corrected chi connectivity index (χ4v) is 5.96. The molecule has 7 aromatic carbocycles. The van der Waals surface area contributed by atoms with Crippen molar-refractivity contribution in [2.45, 2.75) is 0 Å². The normalized spacial score (nSPS) is 11.8. The lowest BCUT2D eigenvalue weighted by Crippen LogP contribution is -1.94. The highest BCUT2D eigenvalue weighted by molar-refractivity contribution is 6.25. The van der Waals surface area contributed by atoms with Crippen LogP contribution in [0.4, 0.5) is 0 Å². The van der Waals surface area contributed by atoms with Crippen molar-refractivity contribution in [1.29, 1.82) is 0 Å². The Kier molecular flexibility index (Phi) is 4.29. The van der Waals surface area contributed by atoms with Crippen molar-refractivity contribution in [1.82, 2.24) is 4.57 Å². The van der Waals surface area contributed by atoms with Crippen molar-refractivity contribution in [3.63, 3.8) is 0 Å². The SMILES string of the molecule is c1ccc(-c2cc3ccc4cc(-c5ccccc5)cc5c4c3c(c2)n5-c2ccc3ccccc3c2)cc1. The molecule has 0 aliphatic carbocycles. The summed E-state index contributed by atoms with van der Waals surface area (Å²) in [5.74, 6) is 0. The molecule has 37 heavy (non-hydrogen) atoms. The second-order valence-electron chi connectivity index (χ2n) is 9.85. The van der Waals surface area contributed by atoms with E-state index in [9.17, 15) is 0 Å². The van der Waals surface area contributed by atoms with Crippen LogP contribution >= 0.6 is 0 Å². The molecule has 0 aliphatic heterocycles. The van der Waals surface area contributed by atoms with Gasteiger partial charge in [0, 0.05) is 16.5 Å². The molecule has 1 heterocycles. The fraction of sp³-hybridized carbons (Fsp3) is 0. The van der Waals surface area contributed by atoms with Gasteiger partial charge in [0.05, 0.1) is 11.0 Å². The van der Waals surface area contributed by atoms with E-state index in [4.69, 9.17) is 0 Å². The summed E-state index contributed by atoms with van der Waals surface area (Å²) < 4.78 is 2.47. The number of fused-ring (bicyclic) bond motifs is 1. The molecule has 0 unspecified atom stereocenters. The first-order valence-corrected chi connectivity index (χ1v) is 12.8. The molecule has 0 saturated carbocycles. The molecule has 0 atom stereocenters. The van der Waals surface area contributed by atoms with Gasteiger partial charge in [0.1, 0.15) is 0 Å². The molecule has 8 rings (SSSR count). The summed E-state index contributed by atoms with van der Waals surface area (Å²) in [4.78, 5) is 0. The lowest BCUT2D eigenvalue weighted by molar-refractivity contribution is 1.19. The van der Waals surface area contributed by atoms with Crippen LogP contribution in [0, 0.1) is 0 Å². The summed E-state index contributed by atoms with van der Waals surface area (Å²) in [5, 5.41) is 7.73. The minimum atomic E-state index is 1.19. The smallest absolute Gasteiger partial charge is 0.0553 e. The van der Waals surface area contributed by atoms with Gasteiger partial charge in [-0.15, -0.1) is 0 Å².